The summed E-state index contributed by atoms with van der Waals surface area (Å²) in [6, 6.07) is 2.95. The molecule has 23 heavy (non-hydrogen) atoms. The van der Waals surface area contributed by atoms with Gasteiger partial charge in [-0.3, -0.25) is 19.7 Å². The van der Waals surface area contributed by atoms with E-state index in [1.807, 2.05) is 0 Å². The molecule has 1 aromatic rings. The lowest BCUT2D eigenvalue weighted by Gasteiger charge is -2.31. The van der Waals surface area contributed by atoms with E-state index in [1.54, 1.807) is 6.92 Å². The second kappa shape index (κ2) is 7.17. The van der Waals surface area contributed by atoms with E-state index in [0.29, 0.717) is 32.5 Å². The highest BCUT2D eigenvalue weighted by Crippen LogP contribution is 2.23. The molecule has 1 aromatic carbocycles. The molecule has 7 nitrogen and oxygen atoms in total. The van der Waals surface area contributed by atoms with Gasteiger partial charge in [0.05, 0.1) is 29.1 Å². The molecule has 0 aliphatic carbocycles. The summed E-state index contributed by atoms with van der Waals surface area (Å²) in [7, 11) is 0. The lowest BCUT2D eigenvalue weighted by atomic mass is 9.96. The van der Waals surface area contributed by atoms with Crippen molar-refractivity contribution in [3.63, 3.8) is 0 Å². The molecule has 1 aliphatic rings. The highest BCUT2D eigenvalue weighted by molar-refractivity contribution is 5.95. The van der Waals surface area contributed by atoms with Crippen molar-refractivity contribution in [1.29, 1.82) is 0 Å². The highest BCUT2D eigenvalue weighted by Gasteiger charge is 2.29. The molecule has 1 amide bonds. The van der Waals surface area contributed by atoms with Gasteiger partial charge in [0, 0.05) is 19.2 Å². The quantitative estimate of drug-likeness (QED) is 0.481. The summed E-state index contributed by atoms with van der Waals surface area (Å²) in [6.45, 7) is 2.68. The number of piperidine rings is 1. The van der Waals surface area contributed by atoms with Crippen LogP contribution in [-0.4, -0.2) is 41.4 Å². The Bertz CT molecular complexity index is 626. The molecule has 1 aliphatic heterocycles. The SMILES string of the molecule is CCOC(=O)C1CCN(C(=O)c2ccc([N+](=O)[O-])cc2F)CC1. The summed E-state index contributed by atoms with van der Waals surface area (Å²) >= 11 is 0. The number of esters is 1. The Hall–Kier alpha value is -2.51. The van der Waals surface area contributed by atoms with E-state index in [2.05, 4.69) is 0 Å². The number of hydrogen-bond donors (Lipinski definition) is 0. The van der Waals surface area contributed by atoms with Crippen molar-refractivity contribution >= 4 is 17.6 Å². The lowest BCUT2D eigenvalue weighted by Crippen LogP contribution is -2.41. The van der Waals surface area contributed by atoms with Crippen molar-refractivity contribution in [3.8, 4) is 0 Å². The van der Waals surface area contributed by atoms with E-state index in [9.17, 15) is 24.1 Å². The van der Waals surface area contributed by atoms with Gasteiger partial charge in [-0.05, 0) is 25.8 Å². The smallest absolute Gasteiger partial charge is 0.309 e. The first-order valence-corrected chi connectivity index (χ1v) is 7.34. The summed E-state index contributed by atoms with van der Waals surface area (Å²) in [5.74, 6) is -1.97. The van der Waals surface area contributed by atoms with Crippen LogP contribution in [0.2, 0.25) is 0 Å². The Morgan fingerprint density at radius 3 is 2.57 bits per heavy atom. The molecule has 124 valence electrons. The van der Waals surface area contributed by atoms with E-state index in [-0.39, 0.29) is 17.5 Å². The largest absolute Gasteiger partial charge is 0.466 e. The Morgan fingerprint density at radius 2 is 2.04 bits per heavy atom. The van der Waals surface area contributed by atoms with Crippen LogP contribution in [0, 0.1) is 21.8 Å². The molecule has 0 unspecified atom stereocenters. The van der Waals surface area contributed by atoms with Gasteiger partial charge in [0.25, 0.3) is 11.6 Å². The first kappa shape index (κ1) is 16.9. The van der Waals surface area contributed by atoms with Crippen LogP contribution in [0.5, 0.6) is 0 Å². The van der Waals surface area contributed by atoms with Gasteiger partial charge in [-0.15, -0.1) is 0 Å². The van der Waals surface area contributed by atoms with Crippen LogP contribution in [0.4, 0.5) is 10.1 Å². The summed E-state index contributed by atoms with van der Waals surface area (Å²) < 4.78 is 18.8. The third-order valence-electron chi connectivity index (χ3n) is 3.80. The van der Waals surface area contributed by atoms with Gasteiger partial charge in [0.15, 0.2) is 0 Å². The third-order valence-corrected chi connectivity index (χ3v) is 3.80. The van der Waals surface area contributed by atoms with E-state index >= 15 is 0 Å². The molecule has 0 saturated carbocycles. The van der Waals surface area contributed by atoms with Gasteiger partial charge in [-0.2, -0.15) is 0 Å². The predicted octanol–water partition coefficient (Wildman–Crippen LogP) is 2.15. The Labute approximate surface area is 132 Å². The van der Waals surface area contributed by atoms with Crippen LogP contribution >= 0.6 is 0 Å². The molecule has 2 rings (SSSR count). The third kappa shape index (κ3) is 3.82. The Kier molecular flexibility index (Phi) is 5.25. The molecule has 0 bridgehead atoms. The number of likely N-dealkylation sites (tertiary alicyclic amines) is 1. The van der Waals surface area contributed by atoms with Crippen LogP contribution in [0.3, 0.4) is 0 Å². The van der Waals surface area contributed by atoms with Crippen LogP contribution < -0.4 is 0 Å². The zero-order valence-corrected chi connectivity index (χ0v) is 12.7. The van der Waals surface area contributed by atoms with Gasteiger partial charge in [0.1, 0.15) is 5.82 Å². The first-order valence-electron chi connectivity index (χ1n) is 7.34. The number of nitro groups is 1. The zero-order chi connectivity index (χ0) is 17.0. The number of rotatable bonds is 4. The number of hydrogen-bond acceptors (Lipinski definition) is 5. The topological polar surface area (TPSA) is 89.8 Å². The van der Waals surface area contributed by atoms with Gasteiger partial charge < -0.3 is 9.64 Å². The number of non-ortho nitro benzene ring substituents is 1. The van der Waals surface area contributed by atoms with Gasteiger partial charge >= 0.3 is 5.97 Å². The molecule has 8 heteroatoms. The fraction of sp³-hybridized carbons (Fsp3) is 0.467. The zero-order valence-electron chi connectivity index (χ0n) is 12.7. The average Bonchev–Trinajstić information content (AvgIpc) is 2.54. The number of benzene rings is 1. The van der Waals surface area contributed by atoms with E-state index in [1.165, 1.54) is 4.90 Å². The van der Waals surface area contributed by atoms with Crippen molar-refractivity contribution in [2.45, 2.75) is 19.8 Å². The van der Waals surface area contributed by atoms with E-state index in [0.717, 1.165) is 18.2 Å². The van der Waals surface area contributed by atoms with Gasteiger partial charge in [-0.25, -0.2) is 4.39 Å². The fourth-order valence-corrected chi connectivity index (χ4v) is 2.54. The molecule has 0 atom stereocenters. The molecular weight excluding hydrogens is 307 g/mol. The lowest BCUT2D eigenvalue weighted by molar-refractivity contribution is -0.385. The normalized spacial score (nSPS) is 15.3. The van der Waals surface area contributed by atoms with Crippen molar-refractivity contribution < 1.29 is 23.6 Å². The van der Waals surface area contributed by atoms with E-state index in [4.69, 9.17) is 4.74 Å². The fourth-order valence-electron chi connectivity index (χ4n) is 2.54. The number of ether oxygens (including phenoxy) is 1. The van der Waals surface area contributed by atoms with Crippen LogP contribution in [-0.2, 0) is 9.53 Å². The molecule has 1 saturated heterocycles. The molecule has 1 fully saturated rings. The Balaban J connectivity index is 2.03. The van der Waals surface area contributed by atoms with Gasteiger partial charge in [0.2, 0.25) is 0 Å². The minimum absolute atomic E-state index is 0.204. The highest BCUT2D eigenvalue weighted by atomic mass is 19.1. The number of carbonyl (C=O) groups is 2. The number of carbonyl (C=O) groups excluding carboxylic acids is 2. The van der Waals surface area contributed by atoms with Crippen molar-refractivity contribution in [2.75, 3.05) is 19.7 Å². The number of halogens is 1. The minimum atomic E-state index is -0.920. The summed E-state index contributed by atoms with van der Waals surface area (Å²) in [4.78, 5) is 35.3. The number of amides is 1. The van der Waals surface area contributed by atoms with E-state index < -0.39 is 22.3 Å². The molecule has 0 aromatic heterocycles. The van der Waals surface area contributed by atoms with Crippen molar-refractivity contribution in [2.24, 2.45) is 5.92 Å². The van der Waals surface area contributed by atoms with Crippen molar-refractivity contribution in [3.05, 3.63) is 39.7 Å². The maximum absolute atomic E-state index is 13.9. The van der Waals surface area contributed by atoms with Gasteiger partial charge in [-0.1, -0.05) is 0 Å². The van der Waals surface area contributed by atoms with Crippen LogP contribution in [0.1, 0.15) is 30.1 Å². The van der Waals surface area contributed by atoms with Crippen LogP contribution in [0.25, 0.3) is 0 Å². The minimum Gasteiger partial charge on any atom is -0.466 e. The summed E-state index contributed by atoms with van der Waals surface area (Å²) in [6.07, 6.45) is 0.915. The molecule has 0 spiro atoms. The Morgan fingerprint density at radius 1 is 1.39 bits per heavy atom. The second-order valence-corrected chi connectivity index (χ2v) is 5.24. The first-order chi connectivity index (χ1) is 10.9. The number of nitrogens with zero attached hydrogens (tertiary/aromatic N) is 2. The molecular formula is C15H17FN2O5. The predicted molar refractivity (Wildman–Crippen MR) is 78.3 cm³/mol. The molecule has 0 N–H and O–H groups in total. The van der Waals surface area contributed by atoms with Crippen LogP contribution in [0.15, 0.2) is 18.2 Å². The standard InChI is InChI=1S/C15H17FN2O5/c1-2-23-15(20)10-5-7-17(8-6-10)14(19)12-4-3-11(18(21)22)9-13(12)16/h3-4,9-10H,2,5-8H2,1H3. The summed E-state index contributed by atoms with van der Waals surface area (Å²) in [5, 5.41) is 10.6. The monoisotopic (exact) mass is 324 g/mol. The molecule has 1 heterocycles. The maximum atomic E-state index is 13.9. The summed E-state index contributed by atoms with van der Waals surface area (Å²) in [5.41, 5.74) is -0.606. The second-order valence-electron chi connectivity index (χ2n) is 5.24. The number of nitro benzene ring substituents is 1. The van der Waals surface area contributed by atoms with Crippen molar-refractivity contribution in [1.82, 2.24) is 4.90 Å². The average molecular weight is 324 g/mol. The maximum Gasteiger partial charge on any atom is 0.309 e. The molecule has 0 radical (unpaired) electrons.